The summed E-state index contributed by atoms with van der Waals surface area (Å²) in [7, 11) is 0. The van der Waals surface area contributed by atoms with E-state index >= 15 is 0 Å². The zero-order chi connectivity index (χ0) is 13.2. The average Bonchev–Trinajstić information content (AvgIpc) is 2.46. The van der Waals surface area contributed by atoms with Crippen LogP contribution in [-0.2, 0) is 0 Å². The van der Waals surface area contributed by atoms with Crippen molar-refractivity contribution in [2.75, 3.05) is 5.32 Å². The minimum atomic E-state index is -0.801. The molecule has 0 aliphatic rings. The summed E-state index contributed by atoms with van der Waals surface area (Å²) in [5.74, 6) is 0.854. The van der Waals surface area contributed by atoms with Gasteiger partial charge in [0.2, 0.25) is 0 Å². The van der Waals surface area contributed by atoms with Crippen LogP contribution in [0.25, 0.3) is 11.0 Å². The van der Waals surface area contributed by atoms with Crippen LogP contribution in [0.5, 0.6) is 0 Å². The fourth-order valence-electron chi connectivity index (χ4n) is 1.70. The second kappa shape index (κ2) is 4.37. The minimum Gasteiger partial charge on any atom is -0.422 e. The lowest BCUT2D eigenvalue weighted by atomic mass is 10.3. The Labute approximate surface area is 107 Å². The van der Waals surface area contributed by atoms with Gasteiger partial charge in [-0.25, -0.2) is 14.8 Å². The van der Waals surface area contributed by atoms with Crippen LogP contribution in [0.4, 0.5) is 11.6 Å². The molecule has 0 fully saturated rings. The van der Waals surface area contributed by atoms with Gasteiger partial charge in [0, 0.05) is 12.4 Å². The van der Waals surface area contributed by atoms with E-state index in [0.29, 0.717) is 21.8 Å². The molecule has 0 atom stereocenters. The number of pyridine rings is 2. The Morgan fingerprint density at radius 1 is 1.11 bits per heavy atom. The van der Waals surface area contributed by atoms with Crippen LogP contribution in [0.2, 0.25) is 0 Å². The Morgan fingerprint density at radius 3 is 2.74 bits per heavy atom. The lowest BCUT2D eigenvalue weighted by molar-refractivity contribution is 0.182. The molecule has 0 aliphatic heterocycles. The highest BCUT2D eigenvalue weighted by molar-refractivity contribution is 5.87. The molecule has 0 saturated carbocycles. The van der Waals surface area contributed by atoms with Crippen molar-refractivity contribution in [2.45, 2.75) is 0 Å². The van der Waals surface area contributed by atoms with Gasteiger partial charge in [0.1, 0.15) is 11.6 Å². The molecule has 2 N–H and O–H groups in total. The van der Waals surface area contributed by atoms with Crippen molar-refractivity contribution in [3.05, 3.63) is 53.2 Å². The molecule has 19 heavy (non-hydrogen) atoms. The lowest BCUT2D eigenvalue weighted by Gasteiger charge is -2.08. The second-order valence-electron chi connectivity index (χ2n) is 3.77. The van der Waals surface area contributed by atoms with Gasteiger partial charge in [0.05, 0.1) is 5.39 Å². The van der Waals surface area contributed by atoms with Crippen molar-refractivity contribution in [3.8, 4) is 0 Å². The summed E-state index contributed by atoms with van der Waals surface area (Å²) >= 11 is 0. The van der Waals surface area contributed by atoms with Crippen LogP contribution in [0.15, 0.2) is 47.5 Å². The number of hydrogen-bond acceptors (Lipinski definition) is 6. The Morgan fingerprint density at radius 2 is 1.95 bits per heavy atom. The summed E-state index contributed by atoms with van der Waals surface area (Å²) in [4.78, 5) is 23.4. The van der Waals surface area contributed by atoms with Crippen molar-refractivity contribution in [2.24, 2.45) is 0 Å². The van der Waals surface area contributed by atoms with Crippen LogP contribution in [0.1, 0.15) is 0 Å². The van der Waals surface area contributed by atoms with E-state index in [-0.39, 0.29) is 5.65 Å². The number of nitrogens with zero attached hydrogens (tertiary/aromatic N) is 4. The van der Waals surface area contributed by atoms with E-state index in [1.54, 1.807) is 30.5 Å². The molecule has 0 spiro atoms. The Hall–Kier alpha value is -2.96. The largest absolute Gasteiger partial charge is 0.422 e. The topological polar surface area (TPSA) is 92.9 Å². The molecular formula is C12H9N5O2. The van der Waals surface area contributed by atoms with Gasteiger partial charge >= 0.3 is 5.69 Å². The summed E-state index contributed by atoms with van der Waals surface area (Å²) in [6, 6.07) is 8.73. The molecule has 7 nitrogen and oxygen atoms in total. The minimum absolute atomic E-state index is 0.140. The lowest BCUT2D eigenvalue weighted by Crippen LogP contribution is -2.23. The fraction of sp³-hybridized carbons (Fsp3) is 0. The van der Waals surface area contributed by atoms with Gasteiger partial charge in [0.25, 0.3) is 0 Å². The van der Waals surface area contributed by atoms with Gasteiger partial charge in [0.15, 0.2) is 5.65 Å². The molecule has 3 heterocycles. The number of fused-ring (bicyclic) bond motifs is 1. The SMILES string of the molecule is O=c1nc(Nc2ccccn2)c2cccnc2n1O. The average molecular weight is 255 g/mol. The first-order valence-electron chi connectivity index (χ1n) is 5.51. The molecule has 0 aliphatic carbocycles. The zero-order valence-corrected chi connectivity index (χ0v) is 9.69. The van der Waals surface area contributed by atoms with E-state index in [1.165, 1.54) is 6.20 Å². The van der Waals surface area contributed by atoms with Crippen molar-refractivity contribution in [3.63, 3.8) is 0 Å². The Balaban J connectivity index is 2.19. The van der Waals surface area contributed by atoms with Crippen molar-refractivity contribution >= 4 is 22.7 Å². The Kier molecular flexibility index (Phi) is 2.57. The molecule has 0 aromatic carbocycles. The third-order valence-electron chi connectivity index (χ3n) is 2.54. The number of rotatable bonds is 2. The van der Waals surface area contributed by atoms with Crippen LogP contribution >= 0.6 is 0 Å². The number of aromatic nitrogens is 4. The molecule has 0 saturated heterocycles. The quantitative estimate of drug-likeness (QED) is 0.668. The number of anilines is 2. The first-order chi connectivity index (χ1) is 9.25. The van der Waals surface area contributed by atoms with Gasteiger partial charge in [-0.15, -0.1) is 4.73 Å². The molecule has 94 valence electrons. The van der Waals surface area contributed by atoms with Crippen LogP contribution in [0, 0.1) is 0 Å². The van der Waals surface area contributed by atoms with E-state index in [4.69, 9.17) is 0 Å². The predicted molar refractivity (Wildman–Crippen MR) is 68.5 cm³/mol. The van der Waals surface area contributed by atoms with Crippen molar-refractivity contribution < 1.29 is 5.21 Å². The number of nitrogens with one attached hydrogen (secondary N) is 1. The molecule has 0 bridgehead atoms. The van der Waals surface area contributed by atoms with Gasteiger partial charge in [-0.1, -0.05) is 6.07 Å². The predicted octanol–water partition coefficient (Wildman–Crippen LogP) is 1.17. The van der Waals surface area contributed by atoms with Crippen LogP contribution in [0.3, 0.4) is 0 Å². The van der Waals surface area contributed by atoms with E-state index in [0.717, 1.165) is 0 Å². The smallest absolute Gasteiger partial charge is 0.384 e. The Bertz CT molecular complexity index is 785. The highest BCUT2D eigenvalue weighted by Crippen LogP contribution is 2.19. The first kappa shape index (κ1) is 11.1. The van der Waals surface area contributed by atoms with E-state index in [9.17, 15) is 10.0 Å². The highest BCUT2D eigenvalue weighted by Gasteiger charge is 2.10. The van der Waals surface area contributed by atoms with E-state index in [2.05, 4.69) is 20.3 Å². The summed E-state index contributed by atoms with van der Waals surface area (Å²) < 4.78 is 0.416. The summed E-state index contributed by atoms with van der Waals surface area (Å²) in [6.07, 6.45) is 3.11. The fourth-order valence-corrected chi connectivity index (χ4v) is 1.70. The summed E-state index contributed by atoms with van der Waals surface area (Å²) in [5, 5.41) is 13.0. The normalized spacial score (nSPS) is 10.5. The maximum Gasteiger partial charge on any atom is 0.384 e. The molecule has 3 aromatic heterocycles. The maximum absolute atomic E-state index is 11.5. The standard InChI is InChI=1S/C12H9N5O2/c18-12-16-10(15-9-5-1-2-6-13-9)8-4-3-7-14-11(8)17(12)19/h1-7,19H,(H,13,15,16,18). The van der Waals surface area contributed by atoms with E-state index in [1.807, 2.05) is 6.07 Å². The molecular weight excluding hydrogens is 246 g/mol. The first-order valence-corrected chi connectivity index (χ1v) is 5.51. The molecule has 0 amide bonds. The molecule has 3 aromatic rings. The summed E-state index contributed by atoms with van der Waals surface area (Å²) in [6.45, 7) is 0. The zero-order valence-electron chi connectivity index (χ0n) is 9.69. The van der Waals surface area contributed by atoms with E-state index < -0.39 is 5.69 Å². The monoisotopic (exact) mass is 255 g/mol. The third-order valence-corrected chi connectivity index (χ3v) is 2.54. The van der Waals surface area contributed by atoms with Crippen LogP contribution in [-0.4, -0.2) is 24.9 Å². The molecule has 3 rings (SSSR count). The molecule has 0 radical (unpaired) electrons. The molecule has 0 unspecified atom stereocenters. The third kappa shape index (κ3) is 1.97. The second-order valence-corrected chi connectivity index (χ2v) is 3.77. The maximum atomic E-state index is 11.5. The van der Waals surface area contributed by atoms with Crippen molar-refractivity contribution in [1.82, 2.24) is 19.7 Å². The number of hydrogen-bond donors (Lipinski definition) is 2. The summed E-state index contributed by atoms with van der Waals surface area (Å²) in [5.41, 5.74) is -0.662. The highest BCUT2D eigenvalue weighted by atomic mass is 16.5. The van der Waals surface area contributed by atoms with Gasteiger partial charge in [-0.05, 0) is 24.3 Å². The van der Waals surface area contributed by atoms with Crippen LogP contribution < -0.4 is 11.0 Å². The molecule has 7 heteroatoms. The van der Waals surface area contributed by atoms with Gasteiger partial charge < -0.3 is 10.5 Å². The van der Waals surface area contributed by atoms with Gasteiger partial charge in [-0.3, -0.25) is 0 Å². The van der Waals surface area contributed by atoms with Crippen molar-refractivity contribution in [1.29, 1.82) is 0 Å². The van der Waals surface area contributed by atoms with Gasteiger partial charge in [-0.2, -0.15) is 4.98 Å².